The lowest BCUT2D eigenvalue weighted by Crippen LogP contribution is -1.90. The molecular formula is C9H10BrN4P. The molecule has 0 aliphatic heterocycles. The van der Waals surface area contributed by atoms with Crippen LogP contribution in [0, 0.1) is 6.92 Å². The Morgan fingerprint density at radius 1 is 1.40 bits per heavy atom. The zero-order valence-electron chi connectivity index (χ0n) is 8.40. The van der Waals surface area contributed by atoms with E-state index >= 15 is 0 Å². The van der Waals surface area contributed by atoms with Gasteiger partial charge in [0, 0.05) is 13.2 Å². The molecular weight excluding hydrogens is 275 g/mol. The van der Waals surface area contributed by atoms with E-state index in [0.717, 1.165) is 15.9 Å². The minimum absolute atomic E-state index is 0.597. The molecule has 0 bridgehead atoms. The van der Waals surface area contributed by atoms with Crippen molar-refractivity contribution in [3.8, 4) is 11.5 Å². The van der Waals surface area contributed by atoms with Gasteiger partial charge >= 0.3 is 0 Å². The van der Waals surface area contributed by atoms with Crippen molar-refractivity contribution in [2.24, 2.45) is 0 Å². The topological polar surface area (TPSA) is 43.6 Å². The molecule has 0 spiro atoms. The lowest BCUT2D eigenvalue weighted by molar-refractivity contribution is 1.000. The van der Waals surface area contributed by atoms with Gasteiger partial charge in [0.1, 0.15) is 12.0 Å². The summed E-state index contributed by atoms with van der Waals surface area (Å²) in [5.41, 5.74) is 1.76. The van der Waals surface area contributed by atoms with Gasteiger partial charge in [-0.05, 0) is 41.7 Å². The second-order valence-electron chi connectivity index (χ2n) is 3.00. The second-order valence-corrected chi connectivity index (χ2v) is 4.76. The standard InChI is InChI=1S/C9H10BrN4P/c1-6-7(10)3-4-8(12-6)9-11-5-14(13-9)15-2/h3-5,15H,1-2H3. The van der Waals surface area contributed by atoms with Crippen molar-refractivity contribution >= 4 is 24.7 Å². The van der Waals surface area contributed by atoms with E-state index in [2.05, 4.69) is 37.7 Å². The van der Waals surface area contributed by atoms with Crippen molar-refractivity contribution in [1.29, 1.82) is 0 Å². The third-order valence-corrected chi connectivity index (χ3v) is 3.48. The lowest BCUT2D eigenvalue weighted by Gasteiger charge is -1.99. The molecule has 6 heteroatoms. The summed E-state index contributed by atoms with van der Waals surface area (Å²) in [4.78, 5) is 8.62. The summed E-state index contributed by atoms with van der Waals surface area (Å²) in [5, 5.41) is 4.31. The fourth-order valence-electron chi connectivity index (χ4n) is 1.16. The molecule has 2 rings (SSSR count). The highest BCUT2D eigenvalue weighted by Gasteiger charge is 2.06. The van der Waals surface area contributed by atoms with Crippen LogP contribution in [-0.4, -0.2) is 26.2 Å². The maximum Gasteiger partial charge on any atom is 0.200 e. The van der Waals surface area contributed by atoms with Gasteiger partial charge in [0.2, 0.25) is 0 Å². The Bertz CT molecular complexity index is 483. The van der Waals surface area contributed by atoms with E-state index in [1.807, 2.05) is 23.5 Å². The van der Waals surface area contributed by atoms with Gasteiger partial charge in [-0.25, -0.2) is 14.4 Å². The number of pyridine rings is 1. The van der Waals surface area contributed by atoms with Crippen LogP contribution in [-0.2, 0) is 0 Å². The molecule has 2 aromatic rings. The molecule has 0 saturated heterocycles. The Morgan fingerprint density at radius 2 is 2.20 bits per heavy atom. The summed E-state index contributed by atoms with van der Waals surface area (Å²) >= 11 is 3.41. The van der Waals surface area contributed by atoms with Crippen LogP contribution in [0.5, 0.6) is 0 Å². The minimum atomic E-state index is 0.597. The van der Waals surface area contributed by atoms with E-state index in [1.165, 1.54) is 0 Å². The Morgan fingerprint density at radius 3 is 2.80 bits per heavy atom. The van der Waals surface area contributed by atoms with Crippen LogP contribution in [0.15, 0.2) is 22.9 Å². The van der Waals surface area contributed by atoms with Gasteiger partial charge in [0.05, 0.1) is 5.69 Å². The quantitative estimate of drug-likeness (QED) is 0.796. The van der Waals surface area contributed by atoms with E-state index in [-0.39, 0.29) is 0 Å². The molecule has 0 aromatic carbocycles. The smallest absolute Gasteiger partial charge is 0.200 e. The molecule has 0 aliphatic rings. The van der Waals surface area contributed by atoms with Gasteiger partial charge < -0.3 is 0 Å². The third-order valence-electron chi connectivity index (χ3n) is 1.97. The molecule has 0 saturated carbocycles. The Kier molecular flexibility index (Phi) is 3.12. The predicted molar refractivity (Wildman–Crippen MR) is 65.3 cm³/mol. The minimum Gasteiger partial charge on any atom is -0.249 e. The second kappa shape index (κ2) is 4.37. The van der Waals surface area contributed by atoms with Gasteiger partial charge in [0.15, 0.2) is 5.82 Å². The average molecular weight is 285 g/mol. The molecule has 2 heterocycles. The summed E-state index contributed by atoms with van der Waals surface area (Å²) < 4.78 is 2.82. The van der Waals surface area contributed by atoms with Gasteiger partial charge in [-0.1, -0.05) is 0 Å². The molecule has 15 heavy (non-hydrogen) atoms. The molecule has 78 valence electrons. The van der Waals surface area contributed by atoms with E-state index < -0.39 is 0 Å². The van der Waals surface area contributed by atoms with E-state index in [0.29, 0.717) is 14.6 Å². The summed E-state index contributed by atoms with van der Waals surface area (Å²) in [6, 6.07) is 3.88. The van der Waals surface area contributed by atoms with Crippen molar-refractivity contribution < 1.29 is 0 Å². The number of rotatable bonds is 2. The van der Waals surface area contributed by atoms with E-state index in [9.17, 15) is 0 Å². The van der Waals surface area contributed by atoms with Crippen LogP contribution < -0.4 is 0 Å². The lowest BCUT2D eigenvalue weighted by atomic mass is 10.3. The number of aromatic nitrogens is 4. The highest BCUT2D eigenvalue weighted by atomic mass is 79.9. The van der Waals surface area contributed by atoms with Crippen molar-refractivity contribution in [2.75, 3.05) is 6.66 Å². The SMILES string of the molecule is CPn1cnc(-c2ccc(Br)c(C)n2)n1. The summed E-state index contributed by atoms with van der Waals surface area (Å²) in [6.07, 6.45) is 1.73. The maximum atomic E-state index is 4.41. The van der Waals surface area contributed by atoms with Gasteiger partial charge in [0.25, 0.3) is 0 Å². The molecule has 0 aliphatic carbocycles. The fourth-order valence-corrected chi connectivity index (χ4v) is 1.75. The van der Waals surface area contributed by atoms with Crippen LogP contribution in [0.2, 0.25) is 0 Å². The molecule has 1 unspecified atom stereocenters. The zero-order chi connectivity index (χ0) is 10.8. The molecule has 0 radical (unpaired) electrons. The molecule has 0 amide bonds. The van der Waals surface area contributed by atoms with Crippen LogP contribution >= 0.6 is 24.7 Å². The number of hydrogen-bond donors (Lipinski definition) is 0. The van der Waals surface area contributed by atoms with E-state index in [1.54, 1.807) is 6.33 Å². The van der Waals surface area contributed by atoms with Crippen LogP contribution in [0.3, 0.4) is 0 Å². The summed E-state index contributed by atoms with van der Waals surface area (Å²) in [7, 11) is 0.597. The van der Waals surface area contributed by atoms with Crippen LogP contribution in [0.1, 0.15) is 5.69 Å². The normalized spacial score (nSPS) is 11.4. The largest absolute Gasteiger partial charge is 0.249 e. The summed E-state index contributed by atoms with van der Waals surface area (Å²) in [6.45, 7) is 4.00. The molecule has 0 fully saturated rings. The van der Waals surface area contributed by atoms with Gasteiger partial charge in [-0.15, -0.1) is 5.10 Å². The predicted octanol–water partition coefficient (Wildman–Crippen LogP) is 2.48. The summed E-state index contributed by atoms with van der Waals surface area (Å²) in [5.74, 6) is 0.681. The van der Waals surface area contributed by atoms with E-state index in [4.69, 9.17) is 0 Å². The number of aryl methyl sites for hydroxylation is 1. The number of nitrogens with zero attached hydrogens (tertiary/aromatic N) is 4. The zero-order valence-corrected chi connectivity index (χ0v) is 11.0. The first-order chi connectivity index (χ1) is 7.20. The Balaban J connectivity index is 2.40. The third kappa shape index (κ3) is 2.24. The highest BCUT2D eigenvalue weighted by Crippen LogP contribution is 2.19. The first-order valence-corrected chi connectivity index (χ1v) is 6.67. The maximum absolute atomic E-state index is 4.41. The van der Waals surface area contributed by atoms with Crippen molar-refractivity contribution in [2.45, 2.75) is 6.92 Å². The molecule has 2 aromatic heterocycles. The Hall–Kier alpha value is -0.800. The fraction of sp³-hybridized carbons (Fsp3) is 0.222. The Labute approximate surface area is 98.1 Å². The van der Waals surface area contributed by atoms with Crippen LogP contribution in [0.4, 0.5) is 0 Å². The first-order valence-electron chi connectivity index (χ1n) is 4.43. The van der Waals surface area contributed by atoms with Crippen molar-refractivity contribution in [3.63, 3.8) is 0 Å². The highest BCUT2D eigenvalue weighted by molar-refractivity contribution is 9.10. The number of hydrogen-bond acceptors (Lipinski definition) is 3. The van der Waals surface area contributed by atoms with Crippen LogP contribution in [0.25, 0.3) is 11.5 Å². The average Bonchev–Trinajstić information content (AvgIpc) is 2.70. The molecule has 4 nitrogen and oxygen atoms in total. The molecule has 1 atom stereocenters. The van der Waals surface area contributed by atoms with Crippen molar-refractivity contribution in [3.05, 3.63) is 28.6 Å². The number of halogens is 1. The van der Waals surface area contributed by atoms with Crippen molar-refractivity contribution in [1.82, 2.24) is 19.5 Å². The first kappa shape index (κ1) is 10.7. The van der Waals surface area contributed by atoms with Gasteiger partial charge in [-0.2, -0.15) is 0 Å². The molecule has 0 N–H and O–H groups in total. The monoisotopic (exact) mass is 284 g/mol. The van der Waals surface area contributed by atoms with Gasteiger partial charge in [-0.3, -0.25) is 0 Å².